The van der Waals surface area contributed by atoms with Crippen molar-refractivity contribution in [3.05, 3.63) is 0 Å². The van der Waals surface area contributed by atoms with E-state index in [1.54, 1.807) is 0 Å². The van der Waals surface area contributed by atoms with Gasteiger partial charge in [0.15, 0.2) is 0 Å². The van der Waals surface area contributed by atoms with Gasteiger partial charge in [-0.1, -0.05) is 6.92 Å². The molecule has 0 aromatic rings. The molecule has 3 heteroatoms. The topological polar surface area (TPSA) is 20.2 Å². The Morgan fingerprint density at radius 1 is 1.30 bits per heavy atom. The van der Waals surface area contributed by atoms with E-state index in [1.165, 1.54) is 0 Å². The van der Waals surface area contributed by atoms with Crippen molar-refractivity contribution in [2.24, 2.45) is 0 Å². The largest absolute Gasteiger partial charge is 1.00 e. The Labute approximate surface area is 80.8 Å². The number of rotatable bonds is 3. The maximum absolute atomic E-state index is 8.85. The Balaban J connectivity index is 0. The van der Waals surface area contributed by atoms with Gasteiger partial charge < -0.3 is 33.6 Å². The van der Waals surface area contributed by atoms with Crippen LogP contribution in [0.2, 0.25) is 0 Å². The summed E-state index contributed by atoms with van der Waals surface area (Å²) in [5, 5.41) is 8.85. The maximum atomic E-state index is 8.85. The molecule has 0 aromatic carbocycles. The molecule has 0 fully saturated rings. The highest BCUT2D eigenvalue weighted by Gasteiger charge is 2.19. The standard InChI is InChI=1S/C7H18NO.HI/c1-5-7(6-9)8(2,3)4;/h7,9H,5-6H2,1-4H3;1H/q+1;/p-1. The predicted octanol–water partition coefficient (Wildman–Crippen LogP) is -2.53. The molecule has 2 nitrogen and oxygen atoms in total. The van der Waals surface area contributed by atoms with Crippen molar-refractivity contribution in [1.29, 1.82) is 0 Å². The minimum Gasteiger partial charge on any atom is -1.00 e. The molecule has 0 saturated heterocycles. The van der Waals surface area contributed by atoms with Gasteiger partial charge in [-0.3, -0.25) is 0 Å². The van der Waals surface area contributed by atoms with E-state index in [4.69, 9.17) is 5.11 Å². The quantitative estimate of drug-likeness (QED) is 0.438. The molecule has 0 spiro atoms. The lowest BCUT2D eigenvalue weighted by molar-refractivity contribution is -0.896. The van der Waals surface area contributed by atoms with Crippen molar-refractivity contribution in [3.63, 3.8) is 0 Å². The third-order valence-corrected chi connectivity index (χ3v) is 1.78. The van der Waals surface area contributed by atoms with Crippen LogP contribution in [0.15, 0.2) is 0 Å². The number of aliphatic hydroxyl groups excluding tert-OH is 1. The van der Waals surface area contributed by atoms with Crippen LogP contribution in [0.4, 0.5) is 0 Å². The molecule has 0 aliphatic heterocycles. The minimum absolute atomic E-state index is 0. The fraction of sp³-hybridized carbons (Fsp3) is 1.00. The van der Waals surface area contributed by atoms with Crippen LogP contribution < -0.4 is 24.0 Å². The lowest BCUT2D eigenvalue weighted by atomic mass is 10.2. The molecule has 0 aromatic heterocycles. The summed E-state index contributed by atoms with van der Waals surface area (Å²) in [7, 11) is 6.30. The van der Waals surface area contributed by atoms with Crippen LogP contribution in [-0.2, 0) is 0 Å². The second-order valence-corrected chi connectivity index (χ2v) is 3.36. The van der Waals surface area contributed by atoms with Gasteiger partial charge in [0.2, 0.25) is 0 Å². The van der Waals surface area contributed by atoms with Gasteiger partial charge in [0, 0.05) is 0 Å². The highest BCUT2D eigenvalue weighted by molar-refractivity contribution is 4.49. The lowest BCUT2D eigenvalue weighted by Crippen LogP contribution is -3.00. The number of aliphatic hydroxyl groups is 1. The monoisotopic (exact) mass is 259 g/mol. The Bertz CT molecular complexity index is 76.2. The van der Waals surface area contributed by atoms with Gasteiger partial charge in [-0.25, -0.2) is 0 Å². The second-order valence-electron chi connectivity index (χ2n) is 3.36. The van der Waals surface area contributed by atoms with E-state index in [9.17, 15) is 0 Å². The zero-order valence-corrected chi connectivity index (χ0v) is 9.42. The van der Waals surface area contributed by atoms with E-state index in [0.29, 0.717) is 12.6 Å². The van der Waals surface area contributed by atoms with E-state index in [-0.39, 0.29) is 24.0 Å². The first-order valence-electron chi connectivity index (χ1n) is 3.44. The molecule has 0 heterocycles. The summed E-state index contributed by atoms with van der Waals surface area (Å²) < 4.78 is 0.854. The predicted molar refractivity (Wildman–Crippen MR) is 39.2 cm³/mol. The molecule has 0 rings (SSSR count). The van der Waals surface area contributed by atoms with Crippen LogP contribution in [0.3, 0.4) is 0 Å². The first kappa shape index (κ1) is 13.3. The molecular weight excluding hydrogens is 241 g/mol. The van der Waals surface area contributed by atoms with E-state index in [0.717, 1.165) is 10.9 Å². The molecule has 0 aliphatic rings. The van der Waals surface area contributed by atoms with Crippen LogP contribution in [0, 0.1) is 0 Å². The van der Waals surface area contributed by atoms with Gasteiger partial charge in [-0.2, -0.15) is 0 Å². The number of hydrogen-bond acceptors (Lipinski definition) is 1. The van der Waals surface area contributed by atoms with Crippen molar-refractivity contribution < 1.29 is 33.6 Å². The molecule has 10 heavy (non-hydrogen) atoms. The molecule has 64 valence electrons. The molecule has 0 bridgehead atoms. The summed E-state index contributed by atoms with van der Waals surface area (Å²) in [6, 6.07) is 0.394. The Morgan fingerprint density at radius 2 is 1.70 bits per heavy atom. The summed E-state index contributed by atoms with van der Waals surface area (Å²) in [4.78, 5) is 0. The fourth-order valence-corrected chi connectivity index (χ4v) is 0.922. The van der Waals surface area contributed by atoms with Gasteiger partial charge in [0.1, 0.15) is 6.04 Å². The van der Waals surface area contributed by atoms with Crippen LogP contribution in [0.5, 0.6) is 0 Å². The first-order valence-corrected chi connectivity index (χ1v) is 3.44. The summed E-state index contributed by atoms with van der Waals surface area (Å²) >= 11 is 0. The molecule has 1 atom stereocenters. The number of hydrogen-bond donors (Lipinski definition) is 1. The summed E-state index contributed by atoms with van der Waals surface area (Å²) in [5.74, 6) is 0. The minimum atomic E-state index is 0. The molecular formula is C7H18INO. The third kappa shape index (κ3) is 4.46. The van der Waals surface area contributed by atoms with Gasteiger partial charge in [-0.15, -0.1) is 0 Å². The van der Waals surface area contributed by atoms with Crippen LogP contribution in [0.25, 0.3) is 0 Å². The van der Waals surface area contributed by atoms with Gasteiger partial charge in [0.05, 0.1) is 27.7 Å². The van der Waals surface area contributed by atoms with E-state index >= 15 is 0 Å². The molecule has 0 saturated carbocycles. The van der Waals surface area contributed by atoms with Gasteiger partial charge in [0.25, 0.3) is 0 Å². The lowest BCUT2D eigenvalue weighted by Gasteiger charge is -2.32. The molecule has 0 radical (unpaired) electrons. The van der Waals surface area contributed by atoms with Gasteiger partial charge >= 0.3 is 0 Å². The molecule has 1 N–H and O–H groups in total. The summed E-state index contributed by atoms with van der Waals surface area (Å²) in [6.45, 7) is 2.39. The molecule has 1 unspecified atom stereocenters. The van der Waals surface area contributed by atoms with Crippen LogP contribution in [-0.4, -0.2) is 43.4 Å². The average Bonchev–Trinajstić information content (AvgIpc) is 1.65. The fourth-order valence-electron chi connectivity index (χ4n) is 0.922. The van der Waals surface area contributed by atoms with Crippen molar-refractivity contribution in [2.75, 3.05) is 27.7 Å². The molecule has 0 amide bonds. The van der Waals surface area contributed by atoms with Crippen LogP contribution >= 0.6 is 0 Å². The van der Waals surface area contributed by atoms with E-state index in [2.05, 4.69) is 28.1 Å². The normalized spacial score (nSPS) is 14.1. The van der Waals surface area contributed by atoms with E-state index < -0.39 is 0 Å². The van der Waals surface area contributed by atoms with Crippen molar-refractivity contribution in [2.45, 2.75) is 19.4 Å². The number of nitrogens with zero attached hydrogens (tertiary/aromatic N) is 1. The number of likely N-dealkylation sites (N-methyl/N-ethyl adjacent to an activating group) is 1. The van der Waals surface area contributed by atoms with Crippen LogP contribution in [0.1, 0.15) is 13.3 Å². The maximum Gasteiger partial charge on any atom is 0.111 e. The highest BCUT2D eigenvalue weighted by Crippen LogP contribution is 2.04. The molecule has 0 aliphatic carbocycles. The zero-order chi connectivity index (χ0) is 7.49. The number of quaternary nitrogens is 1. The van der Waals surface area contributed by atoms with Crippen molar-refractivity contribution >= 4 is 0 Å². The average molecular weight is 259 g/mol. The summed E-state index contributed by atoms with van der Waals surface area (Å²) in [6.07, 6.45) is 1.04. The Morgan fingerprint density at radius 3 is 1.70 bits per heavy atom. The smallest absolute Gasteiger partial charge is 0.111 e. The highest BCUT2D eigenvalue weighted by atomic mass is 127. The summed E-state index contributed by atoms with van der Waals surface area (Å²) in [5.41, 5.74) is 0. The van der Waals surface area contributed by atoms with Crippen molar-refractivity contribution in [1.82, 2.24) is 0 Å². The van der Waals surface area contributed by atoms with Crippen molar-refractivity contribution in [3.8, 4) is 0 Å². The number of halogens is 1. The van der Waals surface area contributed by atoms with Gasteiger partial charge in [-0.05, 0) is 6.42 Å². The third-order valence-electron chi connectivity index (χ3n) is 1.78. The SMILES string of the molecule is CCC(CO)[N+](C)(C)C.[I-]. The zero-order valence-electron chi connectivity index (χ0n) is 7.26. The Kier molecular flexibility index (Phi) is 7.05. The Hall–Kier alpha value is 0.650. The van der Waals surface area contributed by atoms with E-state index in [1.807, 2.05) is 0 Å². The second kappa shape index (κ2) is 5.32. The first-order chi connectivity index (χ1) is 4.02.